The third-order valence-electron chi connectivity index (χ3n) is 1.97. The van der Waals surface area contributed by atoms with Crippen molar-refractivity contribution in [2.24, 2.45) is 0 Å². The first-order valence-electron chi connectivity index (χ1n) is 4.63. The molecule has 2 nitrogen and oxygen atoms in total. The first-order valence-corrected chi connectivity index (χ1v) is 6.88. The quantitative estimate of drug-likeness (QED) is 0.620. The van der Waals surface area contributed by atoms with Crippen molar-refractivity contribution in [3.8, 4) is 0 Å². The molecule has 0 aliphatic heterocycles. The summed E-state index contributed by atoms with van der Waals surface area (Å²) < 4.78 is 4.99. The topological polar surface area (TPSA) is 26.3 Å². The molecule has 0 heterocycles. The van der Waals surface area contributed by atoms with E-state index in [1.54, 1.807) is 6.92 Å². The van der Waals surface area contributed by atoms with Crippen molar-refractivity contribution in [2.75, 3.05) is 6.61 Å². The molecule has 0 bridgehead atoms. The predicted octanol–water partition coefficient (Wildman–Crippen LogP) is 3.65. The van der Waals surface area contributed by atoms with Gasteiger partial charge in [-0.2, -0.15) is 0 Å². The molecule has 0 saturated carbocycles. The Hall–Kier alpha value is -0.350. The van der Waals surface area contributed by atoms with Gasteiger partial charge in [-0.05, 0) is 24.1 Å². The minimum absolute atomic E-state index is 0.255. The summed E-state index contributed by atoms with van der Waals surface area (Å²) in [6.07, 6.45) is 0. The number of esters is 1. The largest absolute Gasteiger partial charge is 0.462 e. The second kappa shape index (κ2) is 6.28. The van der Waals surface area contributed by atoms with E-state index in [-0.39, 0.29) is 5.97 Å². The van der Waals surface area contributed by atoms with Crippen LogP contribution in [0.25, 0.3) is 0 Å². The number of carbonyl (C=O) groups excluding carboxylic acids is 1. The zero-order valence-corrected chi connectivity index (χ0v) is 11.6. The van der Waals surface area contributed by atoms with Crippen LogP contribution in [0.15, 0.2) is 18.2 Å². The maximum absolute atomic E-state index is 11.6. The monoisotopic (exact) mass is 334 g/mol. The van der Waals surface area contributed by atoms with Crippen LogP contribution in [0.2, 0.25) is 0 Å². The number of rotatable bonds is 4. The second-order valence-electron chi connectivity index (χ2n) is 2.98. The molecule has 0 atom stereocenters. The molecule has 0 N–H and O–H groups in total. The van der Waals surface area contributed by atoms with E-state index in [0.29, 0.717) is 17.5 Å². The summed E-state index contributed by atoms with van der Waals surface area (Å²) in [5.74, 6) is -0.255. The minimum Gasteiger partial charge on any atom is -0.462 e. The Morgan fingerprint density at radius 2 is 2.07 bits per heavy atom. The van der Waals surface area contributed by atoms with Crippen molar-refractivity contribution in [3.05, 3.63) is 34.9 Å². The molecule has 0 aliphatic carbocycles. The molecule has 1 aromatic carbocycles. The molecule has 0 unspecified atom stereocenters. The van der Waals surface area contributed by atoms with Crippen LogP contribution in [-0.4, -0.2) is 12.6 Å². The van der Waals surface area contributed by atoms with Gasteiger partial charge in [-0.1, -0.05) is 44.0 Å². The highest BCUT2D eigenvalue weighted by Gasteiger charge is 2.12. The average Bonchev–Trinajstić information content (AvgIpc) is 2.28. The zero-order chi connectivity index (χ0) is 11.3. The summed E-state index contributed by atoms with van der Waals surface area (Å²) >= 11 is 6.72. The number of alkyl halides is 2. The maximum atomic E-state index is 11.6. The van der Waals surface area contributed by atoms with E-state index in [0.717, 1.165) is 16.5 Å². The van der Waals surface area contributed by atoms with Crippen LogP contribution in [0.4, 0.5) is 0 Å². The lowest BCUT2D eigenvalue weighted by Crippen LogP contribution is -2.08. The van der Waals surface area contributed by atoms with Crippen LogP contribution >= 0.6 is 31.9 Å². The van der Waals surface area contributed by atoms with Gasteiger partial charge in [-0.25, -0.2) is 4.79 Å². The standard InChI is InChI=1S/C11H12Br2O2/c1-2-15-11(14)10-5-8(6-12)3-4-9(10)7-13/h3-5H,2,6-7H2,1H3. The average molecular weight is 336 g/mol. The fourth-order valence-electron chi connectivity index (χ4n) is 1.22. The van der Waals surface area contributed by atoms with Gasteiger partial charge in [0.25, 0.3) is 0 Å². The molecule has 0 amide bonds. The molecule has 0 saturated heterocycles. The van der Waals surface area contributed by atoms with Gasteiger partial charge in [0.1, 0.15) is 0 Å². The lowest BCUT2D eigenvalue weighted by Gasteiger charge is -2.08. The van der Waals surface area contributed by atoms with Gasteiger partial charge >= 0.3 is 5.97 Å². The van der Waals surface area contributed by atoms with Crippen molar-refractivity contribution in [3.63, 3.8) is 0 Å². The van der Waals surface area contributed by atoms with Crippen molar-refractivity contribution >= 4 is 37.8 Å². The lowest BCUT2D eigenvalue weighted by molar-refractivity contribution is 0.0525. The zero-order valence-electron chi connectivity index (χ0n) is 8.43. The molecule has 0 aliphatic rings. The van der Waals surface area contributed by atoms with Gasteiger partial charge in [-0.15, -0.1) is 0 Å². The summed E-state index contributed by atoms with van der Waals surface area (Å²) in [5, 5.41) is 1.39. The van der Waals surface area contributed by atoms with Crippen LogP contribution < -0.4 is 0 Å². The minimum atomic E-state index is -0.255. The first kappa shape index (κ1) is 12.7. The van der Waals surface area contributed by atoms with Crippen LogP contribution in [-0.2, 0) is 15.4 Å². The van der Waals surface area contributed by atoms with Gasteiger partial charge in [0, 0.05) is 10.7 Å². The fourth-order valence-corrected chi connectivity index (χ4v) is 2.06. The number of halogens is 2. The number of carbonyl (C=O) groups is 1. The molecule has 1 aromatic rings. The summed E-state index contributed by atoms with van der Waals surface area (Å²) in [5.41, 5.74) is 2.67. The molecule has 4 heteroatoms. The summed E-state index contributed by atoms with van der Waals surface area (Å²) in [6, 6.07) is 5.80. The Bertz CT molecular complexity index is 350. The molecule has 82 valence electrons. The molecular formula is C11H12Br2O2. The van der Waals surface area contributed by atoms with Gasteiger partial charge in [0.2, 0.25) is 0 Å². The number of hydrogen-bond acceptors (Lipinski definition) is 2. The van der Waals surface area contributed by atoms with Crippen LogP contribution in [0, 0.1) is 0 Å². The van der Waals surface area contributed by atoms with E-state index in [9.17, 15) is 4.79 Å². The Kier molecular flexibility index (Phi) is 5.32. The van der Waals surface area contributed by atoms with E-state index in [2.05, 4.69) is 31.9 Å². The summed E-state index contributed by atoms with van der Waals surface area (Å²) in [6.45, 7) is 2.21. The smallest absolute Gasteiger partial charge is 0.338 e. The first-order chi connectivity index (χ1) is 7.22. The Labute approximate surface area is 106 Å². The highest BCUT2D eigenvalue weighted by atomic mass is 79.9. The van der Waals surface area contributed by atoms with Crippen LogP contribution in [0.5, 0.6) is 0 Å². The molecule has 15 heavy (non-hydrogen) atoms. The van der Waals surface area contributed by atoms with Crippen molar-refractivity contribution in [2.45, 2.75) is 17.6 Å². The highest BCUT2D eigenvalue weighted by Crippen LogP contribution is 2.18. The van der Waals surface area contributed by atoms with E-state index < -0.39 is 0 Å². The van der Waals surface area contributed by atoms with E-state index in [4.69, 9.17) is 4.74 Å². The second-order valence-corrected chi connectivity index (χ2v) is 4.10. The maximum Gasteiger partial charge on any atom is 0.338 e. The van der Waals surface area contributed by atoms with Crippen molar-refractivity contribution in [1.29, 1.82) is 0 Å². The van der Waals surface area contributed by atoms with Gasteiger partial charge in [0.15, 0.2) is 0 Å². The fraction of sp³-hybridized carbons (Fsp3) is 0.364. The molecule has 1 rings (SSSR count). The lowest BCUT2D eigenvalue weighted by atomic mass is 10.1. The number of hydrogen-bond donors (Lipinski definition) is 0. The summed E-state index contributed by atoms with van der Waals surface area (Å²) in [7, 11) is 0. The molecule has 0 aromatic heterocycles. The highest BCUT2D eigenvalue weighted by molar-refractivity contribution is 9.08. The van der Waals surface area contributed by atoms with Crippen LogP contribution in [0.1, 0.15) is 28.4 Å². The Morgan fingerprint density at radius 3 is 2.60 bits per heavy atom. The molecule has 0 fully saturated rings. The van der Waals surface area contributed by atoms with Crippen molar-refractivity contribution < 1.29 is 9.53 Å². The Morgan fingerprint density at radius 1 is 1.33 bits per heavy atom. The van der Waals surface area contributed by atoms with Crippen LogP contribution in [0.3, 0.4) is 0 Å². The Balaban J connectivity index is 3.05. The number of ether oxygens (including phenoxy) is 1. The van der Waals surface area contributed by atoms with Crippen molar-refractivity contribution in [1.82, 2.24) is 0 Å². The SMILES string of the molecule is CCOC(=O)c1cc(CBr)ccc1CBr. The predicted molar refractivity (Wildman–Crippen MR) is 67.7 cm³/mol. The van der Waals surface area contributed by atoms with E-state index in [1.165, 1.54) is 0 Å². The van der Waals surface area contributed by atoms with Gasteiger partial charge in [0.05, 0.1) is 12.2 Å². The normalized spacial score (nSPS) is 10.1. The third kappa shape index (κ3) is 3.31. The molecular weight excluding hydrogens is 324 g/mol. The number of benzene rings is 1. The van der Waals surface area contributed by atoms with Gasteiger partial charge in [-0.3, -0.25) is 0 Å². The van der Waals surface area contributed by atoms with E-state index in [1.807, 2.05) is 18.2 Å². The summed E-state index contributed by atoms with van der Waals surface area (Å²) in [4.78, 5) is 11.6. The van der Waals surface area contributed by atoms with E-state index >= 15 is 0 Å². The van der Waals surface area contributed by atoms with Gasteiger partial charge < -0.3 is 4.74 Å². The molecule has 0 radical (unpaired) electrons. The molecule has 0 spiro atoms. The third-order valence-corrected chi connectivity index (χ3v) is 3.22.